The maximum atomic E-state index is 12.3. The lowest BCUT2D eigenvalue weighted by Crippen LogP contribution is -2.32. The summed E-state index contributed by atoms with van der Waals surface area (Å²) >= 11 is 0. The number of rotatable bonds is 7. The van der Waals surface area contributed by atoms with Crippen LogP contribution in [-0.2, 0) is 4.79 Å². The molecule has 0 spiro atoms. The van der Waals surface area contributed by atoms with Crippen LogP contribution in [0.3, 0.4) is 0 Å². The number of furan rings is 1. The normalized spacial score (nSPS) is 24.5. The van der Waals surface area contributed by atoms with Crippen molar-refractivity contribution in [3.63, 3.8) is 0 Å². The van der Waals surface area contributed by atoms with Gasteiger partial charge in [0.2, 0.25) is 5.91 Å². The van der Waals surface area contributed by atoms with Crippen molar-refractivity contribution in [3.05, 3.63) is 29.7 Å². The molecule has 2 saturated carbocycles. The van der Waals surface area contributed by atoms with Crippen molar-refractivity contribution < 1.29 is 9.21 Å². The fourth-order valence-electron chi connectivity index (χ4n) is 2.81. The van der Waals surface area contributed by atoms with E-state index >= 15 is 0 Å². The molecule has 2 unspecified atom stereocenters. The molecule has 1 heterocycles. The number of hydrogen-bond donors (Lipinski definition) is 0. The van der Waals surface area contributed by atoms with Gasteiger partial charge in [0.25, 0.3) is 0 Å². The van der Waals surface area contributed by atoms with Crippen molar-refractivity contribution in [1.29, 1.82) is 0 Å². The van der Waals surface area contributed by atoms with Crippen LogP contribution in [0.1, 0.15) is 57.0 Å². The van der Waals surface area contributed by atoms with Crippen LogP contribution in [0.15, 0.2) is 22.6 Å². The lowest BCUT2D eigenvalue weighted by molar-refractivity contribution is -0.126. The fraction of sp³-hybridized carbons (Fsp3) is 0.611. The minimum Gasteiger partial charge on any atom is -0.461 e. The fourth-order valence-corrected chi connectivity index (χ4v) is 2.81. The Morgan fingerprint density at radius 1 is 1.43 bits per heavy atom. The zero-order valence-electron chi connectivity index (χ0n) is 13.0. The molecule has 2 atom stereocenters. The Kier molecular flexibility index (Phi) is 4.18. The molecule has 0 aliphatic heterocycles. The molecule has 1 aromatic rings. The first-order valence-corrected chi connectivity index (χ1v) is 8.24. The molecule has 0 N–H and O–H groups in total. The Hall–Kier alpha value is -1.51. The van der Waals surface area contributed by atoms with Crippen LogP contribution in [-0.4, -0.2) is 23.9 Å². The lowest BCUT2D eigenvalue weighted by Gasteiger charge is -2.20. The van der Waals surface area contributed by atoms with E-state index in [0.29, 0.717) is 5.92 Å². The van der Waals surface area contributed by atoms with E-state index in [9.17, 15) is 4.79 Å². The number of carbonyl (C=O) groups excluding carboxylic acids is 1. The second kappa shape index (κ2) is 6.08. The van der Waals surface area contributed by atoms with Gasteiger partial charge in [0.1, 0.15) is 11.5 Å². The van der Waals surface area contributed by atoms with E-state index in [1.165, 1.54) is 19.3 Å². The number of hydrogen-bond acceptors (Lipinski definition) is 2. The lowest BCUT2D eigenvalue weighted by atomic mass is 10.2. The summed E-state index contributed by atoms with van der Waals surface area (Å²) < 4.78 is 5.80. The van der Waals surface area contributed by atoms with Crippen molar-refractivity contribution in [2.24, 2.45) is 11.8 Å². The highest BCUT2D eigenvalue weighted by Gasteiger charge is 2.36. The molecule has 3 nitrogen and oxygen atoms in total. The Bertz CT molecular complexity index is 527. The van der Waals surface area contributed by atoms with Crippen molar-refractivity contribution in [1.82, 2.24) is 4.90 Å². The van der Waals surface area contributed by atoms with Crippen LogP contribution < -0.4 is 0 Å². The van der Waals surface area contributed by atoms with Gasteiger partial charge in [-0.1, -0.05) is 13.8 Å². The minimum atomic E-state index is 0.112. The first-order chi connectivity index (χ1) is 10.2. The molecule has 3 heteroatoms. The van der Waals surface area contributed by atoms with E-state index in [1.807, 2.05) is 23.1 Å². The largest absolute Gasteiger partial charge is 0.461 e. The summed E-state index contributed by atoms with van der Waals surface area (Å²) in [5, 5.41) is 0. The van der Waals surface area contributed by atoms with Crippen LogP contribution in [0.5, 0.6) is 0 Å². The van der Waals surface area contributed by atoms with Gasteiger partial charge in [0.05, 0.1) is 0 Å². The van der Waals surface area contributed by atoms with E-state index in [4.69, 9.17) is 4.42 Å². The molecule has 3 rings (SSSR count). The van der Waals surface area contributed by atoms with E-state index in [-0.39, 0.29) is 5.91 Å². The highest BCUT2D eigenvalue weighted by Crippen LogP contribution is 2.47. The van der Waals surface area contributed by atoms with Crippen molar-refractivity contribution >= 4 is 12.0 Å². The Labute approximate surface area is 127 Å². The molecule has 1 aromatic heterocycles. The Balaban J connectivity index is 1.57. The third-order valence-electron chi connectivity index (χ3n) is 4.49. The predicted molar refractivity (Wildman–Crippen MR) is 83.9 cm³/mol. The summed E-state index contributed by atoms with van der Waals surface area (Å²) in [4.78, 5) is 14.2. The smallest absolute Gasteiger partial charge is 0.246 e. The molecule has 0 aromatic carbocycles. The van der Waals surface area contributed by atoms with E-state index in [1.54, 1.807) is 6.08 Å². The molecule has 0 bridgehead atoms. The molecule has 2 aliphatic carbocycles. The summed E-state index contributed by atoms with van der Waals surface area (Å²) in [6.07, 6.45) is 8.26. The number of amides is 1. The third-order valence-corrected chi connectivity index (χ3v) is 4.49. The second-order valence-corrected chi connectivity index (χ2v) is 6.62. The van der Waals surface area contributed by atoms with Gasteiger partial charge in [-0.15, -0.1) is 0 Å². The molecule has 114 valence electrons. The molecule has 21 heavy (non-hydrogen) atoms. The zero-order chi connectivity index (χ0) is 14.8. The first kappa shape index (κ1) is 14.4. The Morgan fingerprint density at radius 3 is 2.81 bits per heavy atom. The zero-order valence-corrected chi connectivity index (χ0v) is 13.0. The van der Waals surface area contributed by atoms with Gasteiger partial charge >= 0.3 is 0 Å². The van der Waals surface area contributed by atoms with Crippen LogP contribution in [0.25, 0.3) is 6.08 Å². The van der Waals surface area contributed by atoms with E-state index in [2.05, 4.69) is 13.8 Å². The van der Waals surface area contributed by atoms with Gasteiger partial charge in [-0.25, -0.2) is 0 Å². The quantitative estimate of drug-likeness (QED) is 0.708. The SMILES string of the molecule is CCCN(CC1CC1)C(=O)/C=C/c1ccc(C2CC2C)o1. The highest BCUT2D eigenvalue weighted by atomic mass is 16.3. The minimum absolute atomic E-state index is 0.112. The number of nitrogens with zero attached hydrogens (tertiary/aromatic N) is 1. The predicted octanol–water partition coefficient (Wildman–Crippen LogP) is 4.06. The van der Waals surface area contributed by atoms with Gasteiger partial charge < -0.3 is 9.32 Å². The summed E-state index contributed by atoms with van der Waals surface area (Å²) in [7, 11) is 0. The van der Waals surface area contributed by atoms with Gasteiger partial charge in [-0.05, 0) is 55.7 Å². The maximum Gasteiger partial charge on any atom is 0.246 e. The highest BCUT2D eigenvalue weighted by molar-refractivity contribution is 5.91. The monoisotopic (exact) mass is 287 g/mol. The first-order valence-electron chi connectivity index (χ1n) is 8.24. The van der Waals surface area contributed by atoms with Gasteiger partial charge in [0.15, 0.2) is 0 Å². The standard InChI is InChI=1S/C18H25NO2/c1-3-10-19(12-14-4-5-14)18(20)9-7-15-6-8-17(21-15)16-11-13(16)2/h6-9,13-14,16H,3-5,10-12H2,1-2H3/b9-7+. The number of carbonyl (C=O) groups is 1. The average Bonchev–Trinajstić information content (AvgIpc) is 3.37. The van der Waals surface area contributed by atoms with Crippen LogP contribution in [0.4, 0.5) is 0 Å². The van der Waals surface area contributed by atoms with Crippen molar-refractivity contribution in [2.75, 3.05) is 13.1 Å². The van der Waals surface area contributed by atoms with Crippen LogP contribution >= 0.6 is 0 Å². The topological polar surface area (TPSA) is 33.5 Å². The third kappa shape index (κ3) is 3.78. The van der Waals surface area contributed by atoms with Gasteiger partial charge in [0, 0.05) is 25.1 Å². The van der Waals surface area contributed by atoms with E-state index < -0.39 is 0 Å². The summed E-state index contributed by atoms with van der Waals surface area (Å²) in [6, 6.07) is 4.02. The van der Waals surface area contributed by atoms with Gasteiger partial charge in [-0.3, -0.25) is 4.79 Å². The molecule has 2 fully saturated rings. The van der Waals surface area contributed by atoms with Crippen LogP contribution in [0.2, 0.25) is 0 Å². The molecular weight excluding hydrogens is 262 g/mol. The summed E-state index contributed by atoms with van der Waals surface area (Å²) in [6.45, 7) is 6.13. The molecule has 0 saturated heterocycles. The maximum absolute atomic E-state index is 12.3. The molecule has 0 radical (unpaired) electrons. The average molecular weight is 287 g/mol. The van der Waals surface area contributed by atoms with E-state index in [0.717, 1.165) is 42.9 Å². The summed E-state index contributed by atoms with van der Waals surface area (Å²) in [5.41, 5.74) is 0. The second-order valence-electron chi connectivity index (χ2n) is 6.62. The summed E-state index contributed by atoms with van der Waals surface area (Å²) in [5.74, 6) is 4.04. The molecule has 2 aliphatic rings. The van der Waals surface area contributed by atoms with Gasteiger partial charge in [-0.2, -0.15) is 0 Å². The molecular formula is C18H25NO2. The van der Waals surface area contributed by atoms with Crippen LogP contribution in [0, 0.1) is 11.8 Å². The Morgan fingerprint density at radius 2 is 2.19 bits per heavy atom. The van der Waals surface area contributed by atoms with Crippen molar-refractivity contribution in [3.8, 4) is 0 Å². The van der Waals surface area contributed by atoms with Crippen molar-refractivity contribution in [2.45, 2.75) is 45.4 Å². The molecule has 1 amide bonds.